The van der Waals surface area contributed by atoms with Crippen molar-refractivity contribution in [3.63, 3.8) is 0 Å². The maximum Gasteiger partial charge on any atom is 0.472 e. The molecular weight excluding hydrogens is 1040 g/mol. The third-order valence-corrected chi connectivity index (χ3v) is 14.0. The zero-order valence-corrected chi connectivity index (χ0v) is 53.6. The maximum atomic E-state index is 12.8. The van der Waals surface area contributed by atoms with Crippen LogP contribution >= 0.6 is 7.82 Å². The number of carbonyl (C=O) groups excluding carboxylic acids is 2. The number of hydrogen-bond donors (Lipinski definition) is 1. The Kier molecular flexibility index (Phi) is 57.9. The smallest absolute Gasteiger partial charge is 0.462 e. The highest BCUT2D eigenvalue weighted by Gasteiger charge is 2.27. The molecule has 0 aromatic heterocycles. The van der Waals surface area contributed by atoms with E-state index in [0.717, 1.165) is 103 Å². The van der Waals surface area contributed by atoms with Crippen molar-refractivity contribution in [2.24, 2.45) is 0 Å². The highest BCUT2D eigenvalue weighted by atomic mass is 31.2. The summed E-state index contributed by atoms with van der Waals surface area (Å²) < 4.78 is 34.6. The van der Waals surface area contributed by atoms with Crippen LogP contribution in [0.15, 0.2) is 158 Å². The molecule has 82 heavy (non-hydrogen) atoms. The summed E-state index contributed by atoms with van der Waals surface area (Å²) >= 11 is 0. The molecule has 0 heterocycles. The predicted octanol–water partition coefficient (Wildman–Crippen LogP) is 20.8. The van der Waals surface area contributed by atoms with Gasteiger partial charge in [0.2, 0.25) is 0 Å². The number of nitrogens with zero attached hydrogens (tertiary/aromatic N) is 1. The second-order valence-electron chi connectivity index (χ2n) is 22.0. The van der Waals surface area contributed by atoms with Crippen molar-refractivity contribution in [3.05, 3.63) is 158 Å². The van der Waals surface area contributed by atoms with Gasteiger partial charge in [-0.2, -0.15) is 0 Å². The summed E-state index contributed by atoms with van der Waals surface area (Å²) in [5.74, 6) is -0.875. The molecule has 0 aromatic carbocycles. The lowest BCUT2D eigenvalue weighted by atomic mass is 10.0. The summed E-state index contributed by atoms with van der Waals surface area (Å²) in [6, 6.07) is 0. The molecule has 0 saturated heterocycles. The first-order valence-electron chi connectivity index (χ1n) is 32.2. The maximum absolute atomic E-state index is 12.8. The Hall–Kier alpha value is -4.37. The summed E-state index contributed by atoms with van der Waals surface area (Å²) in [7, 11) is 1.42. The van der Waals surface area contributed by atoms with Crippen LogP contribution in [0.4, 0.5) is 0 Å². The molecule has 9 nitrogen and oxygen atoms in total. The third kappa shape index (κ3) is 64.8. The second kappa shape index (κ2) is 61.2. The van der Waals surface area contributed by atoms with Crippen LogP contribution in [0, 0.1) is 0 Å². The Morgan fingerprint density at radius 1 is 0.378 bits per heavy atom. The van der Waals surface area contributed by atoms with Crippen molar-refractivity contribution in [1.82, 2.24) is 0 Å². The number of likely N-dealkylation sites (N-methyl/N-ethyl adjacent to an activating group) is 1. The van der Waals surface area contributed by atoms with Gasteiger partial charge in [-0.05, 0) is 116 Å². The fourth-order valence-corrected chi connectivity index (χ4v) is 8.93. The first-order chi connectivity index (χ1) is 40.0. The second-order valence-corrected chi connectivity index (χ2v) is 23.5. The van der Waals surface area contributed by atoms with Crippen LogP contribution in [0.3, 0.4) is 0 Å². The molecule has 0 aliphatic carbocycles. The Labute approximate surface area is 503 Å². The van der Waals surface area contributed by atoms with Crippen LogP contribution in [-0.4, -0.2) is 74.9 Å². The molecule has 2 unspecified atom stereocenters. The van der Waals surface area contributed by atoms with Crippen LogP contribution in [0.5, 0.6) is 0 Å². The van der Waals surface area contributed by atoms with E-state index < -0.39 is 26.5 Å². The number of esters is 2. The van der Waals surface area contributed by atoms with Crippen LogP contribution in [0.1, 0.15) is 232 Å². The van der Waals surface area contributed by atoms with E-state index in [4.69, 9.17) is 18.5 Å². The minimum absolute atomic E-state index is 0.0126. The minimum Gasteiger partial charge on any atom is -0.462 e. The largest absolute Gasteiger partial charge is 0.472 e. The number of phosphoric ester groups is 1. The SMILES string of the molecule is CC/C=C\C/C=C\C/C=C\C/C=C\C/C=C\C/C=C\C/C=C\C/C=C\C/C=C\CCCC(=O)OC(COC(=O)CCCCCCCCCCCCCCCCCC/C=C\C/C=C\C/C=C\C/C=C\CC)COP(=O)(O)OCC[N+](C)(C)C. The molecular formula is C72H119NO8P+. The monoisotopic (exact) mass is 1160 g/mol. The molecule has 0 amide bonds. The van der Waals surface area contributed by atoms with Crippen LogP contribution in [0.2, 0.25) is 0 Å². The average Bonchev–Trinajstić information content (AvgIpc) is 3.45. The Morgan fingerprint density at radius 2 is 0.671 bits per heavy atom. The van der Waals surface area contributed by atoms with Gasteiger partial charge >= 0.3 is 19.8 Å². The van der Waals surface area contributed by atoms with Crippen molar-refractivity contribution in [3.8, 4) is 0 Å². The lowest BCUT2D eigenvalue weighted by Crippen LogP contribution is -2.37. The number of quaternary nitrogens is 1. The van der Waals surface area contributed by atoms with Gasteiger partial charge in [0, 0.05) is 12.8 Å². The molecule has 0 aliphatic rings. The highest BCUT2D eigenvalue weighted by Crippen LogP contribution is 2.43. The predicted molar refractivity (Wildman–Crippen MR) is 353 cm³/mol. The van der Waals surface area contributed by atoms with Gasteiger partial charge in [0.05, 0.1) is 27.7 Å². The summed E-state index contributed by atoms with van der Waals surface area (Å²) in [5.41, 5.74) is 0. The number of rotatable bonds is 57. The number of phosphoric acid groups is 1. The fraction of sp³-hybridized carbons (Fsp3) is 0.611. The third-order valence-electron chi connectivity index (χ3n) is 13.1. The van der Waals surface area contributed by atoms with Crippen LogP contribution in [-0.2, 0) is 32.7 Å². The van der Waals surface area contributed by atoms with Gasteiger partial charge in [0.25, 0.3) is 0 Å². The van der Waals surface area contributed by atoms with Gasteiger partial charge < -0.3 is 18.9 Å². The lowest BCUT2D eigenvalue weighted by molar-refractivity contribution is -0.870. The Balaban J connectivity index is 4.23. The van der Waals surface area contributed by atoms with Gasteiger partial charge in [-0.25, -0.2) is 4.57 Å². The van der Waals surface area contributed by atoms with E-state index >= 15 is 0 Å². The summed E-state index contributed by atoms with van der Waals surface area (Å²) in [5, 5.41) is 0. The number of allylic oxidation sites excluding steroid dienone is 26. The van der Waals surface area contributed by atoms with E-state index in [1.54, 1.807) is 0 Å². The van der Waals surface area contributed by atoms with Crippen LogP contribution in [0.25, 0.3) is 0 Å². The van der Waals surface area contributed by atoms with E-state index in [9.17, 15) is 19.0 Å². The molecule has 2 atom stereocenters. The molecule has 0 radical (unpaired) electrons. The molecule has 0 aliphatic heterocycles. The van der Waals surface area contributed by atoms with Crippen molar-refractivity contribution in [2.75, 3.05) is 47.5 Å². The van der Waals surface area contributed by atoms with E-state index in [0.29, 0.717) is 23.9 Å². The van der Waals surface area contributed by atoms with E-state index in [2.05, 4.69) is 172 Å². The first-order valence-corrected chi connectivity index (χ1v) is 33.7. The zero-order chi connectivity index (χ0) is 59.8. The summed E-state index contributed by atoms with van der Waals surface area (Å²) in [6.07, 6.45) is 91.9. The van der Waals surface area contributed by atoms with E-state index in [1.165, 1.54) is 89.9 Å². The molecule has 464 valence electrons. The highest BCUT2D eigenvalue weighted by molar-refractivity contribution is 7.47. The topological polar surface area (TPSA) is 108 Å². The normalized spacial score (nSPS) is 14.3. The number of carbonyl (C=O) groups is 2. The summed E-state index contributed by atoms with van der Waals surface area (Å²) in [4.78, 5) is 35.8. The average molecular weight is 1160 g/mol. The van der Waals surface area contributed by atoms with Crippen molar-refractivity contribution in [2.45, 2.75) is 238 Å². The Bertz CT molecular complexity index is 1940. The van der Waals surface area contributed by atoms with E-state index in [-0.39, 0.29) is 32.0 Å². The van der Waals surface area contributed by atoms with E-state index in [1.807, 2.05) is 21.1 Å². The number of hydrogen-bond acceptors (Lipinski definition) is 7. The molecule has 0 fully saturated rings. The van der Waals surface area contributed by atoms with Gasteiger partial charge in [-0.3, -0.25) is 18.6 Å². The molecule has 0 aromatic rings. The number of ether oxygens (including phenoxy) is 2. The first kappa shape index (κ1) is 77.6. The standard InChI is InChI=1S/C72H118NO8P/c1-6-8-10-12-14-16-18-20-22-24-26-28-30-32-34-36-38-40-42-44-46-48-50-52-54-56-58-60-62-64-71(74)78-68-70(69-80-82(76,77)79-67-66-73(3,4)5)81-72(75)65-63-61-59-57-55-53-51-49-47-45-43-41-39-37-35-33-31-29-27-25-23-21-19-17-15-13-11-9-7-2/h8-11,14-17,20-23,26-29,33,35,39,41,45,47,51,53,57,59,70H,6-7,12-13,18-19,24-25,30-32,34,36-38,40,42-44,46,48-50,52,54-56,58,60-69H2,1-5H3/p+1/b10-8-,11-9-,16-14-,17-15-,22-20-,23-21-,28-26-,29-27-,35-33-,41-39-,47-45-,53-51-,59-57-. The molecule has 0 rings (SSSR count). The molecule has 0 spiro atoms. The molecule has 0 bridgehead atoms. The van der Waals surface area contributed by atoms with Crippen molar-refractivity contribution < 1.29 is 42.1 Å². The van der Waals surface area contributed by atoms with Gasteiger partial charge in [-0.15, -0.1) is 0 Å². The van der Waals surface area contributed by atoms with Crippen molar-refractivity contribution >= 4 is 19.8 Å². The molecule has 10 heteroatoms. The minimum atomic E-state index is -4.42. The summed E-state index contributed by atoms with van der Waals surface area (Å²) in [6.45, 7) is 4.13. The Morgan fingerprint density at radius 3 is 1.01 bits per heavy atom. The van der Waals surface area contributed by atoms with Crippen LogP contribution < -0.4 is 0 Å². The quantitative estimate of drug-likeness (QED) is 0.0211. The van der Waals surface area contributed by atoms with Gasteiger partial charge in [0.1, 0.15) is 19.8 Å². The lowest BCUT2D eigenvalue weighted by Gasteiger charge is -2.24. The van der Waals surface area contributed by atoms with Crippen molar-refractivity contribution in [1.29, 1.82) is 0 Å². The van der Waals surface area contributed by atoms with Gasteiger partial charge in [-0.1, -0.05) is 262 Å². The molecule has 1 N–H and O–H groups in total. The fourth-order valence-electron chi connectivity index (χ4n) is 8.18. The number of unbranched alkanes of at least 4 members (excludes halogenated alkanes) is 17. The van der Waals surface area contributed by atoms with Gasteiger partial charge in [0.15, 0.2) is 6.10 Å². The molecule has 0 saturated carbocycles. The zero-order valence-electron chi connectivity index (χ0n) is 52.7.